The topological polar surface area (TPSA) is 151 Å². The summed E-state index contributed by atoms with van der Waals surface area (Å²) in [5.74, 6) is -1.53. The number of pyridine rings is 1. The zero-order valence-electron chi connectivity index (χ0n) is 25.2. The molecule has 0 radical (unpaired) electrons. The summed E-state index contributed by atoms with van der Waals surface area (Å²) in [5.41, 5.74) is 1.84. The van der Waals surface area contributed by atoms with Crippen molar-refractivity contribution in [3.05, 3.63) is 95.5 Å². The van der Waals surface area contributed by atoms with Crippen LogP contribution in [0.4, 0.5) is 0 Å². The third-order valence-corrected chi connectivity index (χ3v) is 8.14. The van der Waals surface area contributed by atoms with Gasteiger partial charge in [0.05, 0.1) is 17.7 Å². The lowest BCUT2D eigenvalue weighted by molar-refractivity contribution is -0.136. The van der Waals surface area contributed by atoms with Crippen LogP contribution in [0.2, 0.25) is 0 Å². The van der Waals surface area contributed by atoms with Crippen molar-refractivity contribution in [3.8, 4) is 5.75 Å². The molecule has 4 heterocycles. The number of aromatic nitrogens is 1. The number of hydrogen-bond donors (Lipinski definition) is 2. The maximum absolute atomic E-state index is 13.3. The molecular weight excluding hydrogens is 590 g/mol. The molecule has 46 heavy (non-hydrogen) atoms. The molecule has 4 aromatic rings. The second-order valence-corrected chi connectivity index (χ2v) is 11.4. The number of furan rings is 1. The average molecular weight is 624 g/mol. The zero-order valence-corrected chi connectivity index (χ0v) is 25.2. The average Bonchev–Trinajstić information content (AvgIpc) is 3.60. The fourth-order valence-electron chi connectivity index (χ4n) is 5.77. The Balaban J connectivity index is 1.00. The molecule has 2 atom stereocenters. The molecule has 2 unspecified atom stereocenters. The second-order valence-electron chi connectivity index (χ2n) is 11.4. The van der Waals surface area contributed by atoms with Gasteiger partial charge < -0.3 is 19.4 Å². The molecule has 2 aromatic carbocycles. The Kier molecular flexibility index (Phi) is 8.88. The number of rotatable bonds is 12. The molecule has 12 heteroatoms. The Morgan fingerprint density at radius 2 is 1.93 bits per heavy atom. The lowest BCUT2D eigenvalue weighted by Gasteiger charge is -2.27. The van der Waals surface area contributed by atoms with Crippen LogP contribution in [0.15, 0.2) is 77.5 Å². The van der Waals surface area contributed by atoms with Crippen molar-refractivity contribution < 1.29 is 33.1 Å². The van der Waals surface area contributed by atoms with E-state index in [1.165, 1.54) is 6.07 Å². The van der Waals surface area contributed by atoms with Gasteiger partial charge in [-0.1, -0.05) is 30.3 Å². The normalized spacial score (nSPS) is 16.9. The van der Waals surface area contributed by atoms with Crippen molar-refractivity contribution in [2.45, 2.75) is 37.8 Å². The number of fused-ring (bicyclic) bond motifs is 2. The predicted molar refractivity (Wildman–Crippen MR) is 166 cm³/mol. The first-order valence-corrected chi connectivity index (χ1v) is 15.1. The van der Waals surface area contributed by atoms with Gasteiger partial charge in [-0.25, -0.2) is 0 Å². The van der Waals surface area contributed by atoms with Crippen LogP contribution < -0.4 is 15.4 Å². The molecular formula is C34H33N5O7. The van der Waals surface area contributed by atoms with E-state index in [2.05, 4.69) is 15.6 Å². The summed E-state index contributed by atoms with van der Waals surface area (Å²) in [7, 11) is 1.91. The number of amides is 5. The van der Waals surface area contributed by atoms with Gasteiger partial charge in [0.15, 0.2) is 0 Å². The number of para-hydroxylation sites is 1. The molecule has 2 aromatic heterocycles. The highest BCUT2D eigenvalue weighted by molar-refractivity contribution is 6.24. The van der Waals surface area contributed by atoms with Crippen LogP contribution in [-0.4, -0.2) is 77.1 Å². The number of ether oxygens (including phenoxy) is 1. The number of benzene rings is 2. The number of imide groups is 2. The molecule has 0 bridgehead atoms. The van der Waals surface area contributed by atoms with Crippen molar-refractivity contribution in [3.63, 3.8) is 0 Å². The fourth-order valence-corrected chi connectivity index (χ4v) is 5.77. The van der Waals surface area contributed by atoms with Crippen LogP contribution in [0.1, 0.15) is 63.8 Å². The highest BCUT2D eigenvalue weighted by atomic mass is 16.5. The molecule has 2 aliphatic heterocycles. The second kappa shape index (κ2) is 13.3. The molecule has 5 amide bonds. The summed E-state index contributed by atoms with van der Waals surface area (Å²) in [4.78, 5) is 70.4. The van der Waals surface area contributed by atoms with Gasteiger partial charge in [0, 0.05) is 49.3 Å². The summed E-state index contributed by atoms with van der Waals surface area (Å²) < 4.78 is 12.0. The van der Waals surface area contributed by atoms with E-state index in [9.17, 15) is 24.0 Å². The van der Waals surface area contributed by atoms with Crippen LogP contribution in [0.25, 0.3) is 11.0 Å². The minimum Gasteiger partial charge on any atom is -0.493 e. The summed E-state index contributed by atoms with van der Waals surface area (Å²) in [5, 5.41) is 6.23. The van der Waals surface area contributed by atoms with Crippen molar-refractivity contribution in [2.24, 2.45) is 0 Å². The van der Waals surface area contributed by atoms with Crippen LogP contribution in [0.5, 0.6) is 5.75 Å². The van der Waals surface area contributed by atoms with Gasteiger partial charge in [-0.2, -0.15) is 0 Å². The summed E-state index contributed by atoms with van der Waals surface area (Å²) in [6.45, 7) is 1.38. The molecule has 2 N–H and O–H groups in total. The molecule has 0 saturated carbocycles. The fraction of sp³-hybridized carbons (Fsp3) is 0.294. The van der Waals surface area contributed by atoms with Gasteiger partial charge in [-0.05, 0) is 50.2 Å². The molecule has 0 spiro atoms. The van der Waals surface area contributed by atoms with Crippen LogP contribution >= 0.6 is 0 Å². The van der Waals surface area contributed by atoms with Gasteiger partial charge in [0.1, 0.15) is 29.2 Å². The Bertz CT molecular complexity index is 1770. The third kappa shape index (κ3) is 6.38. The Labute approximate surface area is 264 Å². The number of hydrogen-bond acceptors (Lipinski definition) is 9. The summed E-state index contributed by atoms with van der Waals surface area (Å²) in [6, 6.07) is 16.6. The zero-order chi connectivity index (χ0) is 32.2. The number of piperidine rings is 1. The third-order valence-electron chi connectivity index (χ3n) is 8.14. The van der Waals surface area contributed by atoms with Crippen LogP contribution in [0, 0.1) is 0 Å². The quantitative estimate of drug-likeness (QED) is 0.179. The van der Waals surface area contributed by atoms with Crippen molar-refractivity contribution >= 4 is 40.5 Å². The smallest absolute Gasteiger partial charge is 0.266 e. The van der Waals surface area contributed by atoms with Gasteiger partial charge >= 0.3 is 0 Å². The first-order valence-electron chi connectivity index (χ1n) is 15.1. The molecule has 236 valence electrons. The van der Waals surface area contributed by atoms with Crippen molar-refractivity contribution in [1.82, 2.24) is 25.4 Å². The van der Waals surface area contributed by atoms with E-state index < -0.39 is 35.7 Å². The summed E-state index contributed by atoms with van der Waals surface area (Å²) in [6.07, 6.45) is 4.38. The highest BCUT2D eigenvalue weighted by Gasteiger charge is 2.46. The number of nitrogens with zero attached hydrogens (tertiary/aromatic N) is 3. The molecule has 12 nitrogen and oxygen atoms in total. The minimum absolute atomic E-state index is 0.0503. The SMILES string of the molecule is CN(CCCOc1cccc2c1C(=O)N(C1CCC(=O)NC1=O)C2=O)CCC(=O)NC(c1cccnc1)c1cc2ccccc2o1. The minimum atomic E-state index is -1.04. The van der Waals surface area contributed by atoms with E-state index in [0.29, 0.717) is 25.3 Å². The van der Waals surface area contributed by atoms with Gasteiger partial charge in [-0.3, -0.25) is 39.2 Å². The summed E-state index contributed by atoms with van der Waals surface area (Å²) >= 11 is 0. The van der Waals surface area contributed by atoms with E-state index in [1.54, 1.807) is 24.5 Å². The highest BCUT2D eigenvalue weighted by Crippen LogP contribution is 2.34. The van der Waals surface area contributed by atoms with E-state index in [0.717, 1.165) is 21.4 Å². The Morgan fingerprint density at radius 1 is 1.09 bits per heavy atom. The lowest BCUT2D eigenvalue weighted by Crippen LogP contribution is -2.54. The maximum Gasteiger partial charge on any atom is 0.266 e. The maximum atomic E-state index is 13.3. The standard InChI is InChI=1S/C34H33N5O7/c1-38(17-14-29(41)36-31(22-8-5-15-35-20-22)27-19-21-7-2-3-10-25(21)46-27)16-6-18-45-26-11-4-9-23-30(26)34(44)39(33(23)43)24-12-13-28(40)37-32(24)42/h2-5,7-11,15,19-20,24,31H,6,12-14,16-18H2,1H3,(H,36,41)(H,37,40,42). The first kappa shape index (κ1) is 30.7. The van der Waals surface area contributed by atoms with E-state index >= 15 is 0 Å². The molecule has 2 aliphatic rings. The molecule has 0 aliphatic carbocycles. The molecule has 6 rings (SSSR count). The predicted octanol–water partition coefficient (Wildman–Crippen LogP) is 3.23. The Hall–Kier alpha value is -5.36. The number of carbonyl (C=O) groups excluding carboxylic acids is 5. The van der Waals surface area contributed by atoms with E-state index in [4.69, 9.17) is 9.15 Å². The van der Waals surface area contributed by atoms with Gasteiger partial charge in [0.2, 0.25) is 17.7 Å². The molecule has 1 saturated heterocycles. The largest absolute Gasteiger partial charge is 0.493 e. The van der Waals surface area contributed by atoms with Crippen LogP contribution in [0.3, 0.4) is 0 Å². The van der Waals surface area contributed by atoms with Crippen LogP contribution in [-0.2, 0) is 14.4 Å². The van der Waals surface area contributed by atoms with E-state index in [-0.39, 0.29) is 48.7 Å². The lowest BCUT2D eigenvalue weighted by atomic mass is 10.0. The Morgan fingerprint density at radius 3 is 2.72 bits per heavy atom. The van der Waals surface area contributed by atoms with Gasteiger partial charge in [0.25, 0.3) is 11.8 Å². The first-order chi connectivity index (χ1) is 22.3. The number of carbonyl (C=O) groups is 5. The van der Waals surface area contributed by atoms with Crippen molar-refractivity contribution in [2.75, 3.05) is 26.7 Å². The monoisotopic (exact) mass is 623 g/mol. The molecule has 1 fully saturated rings. The van der Waals surface area contributed by atoms with Gasteiger partial charge in [-0.15, -0.1) is 0 Å². The van der Waals surface area contributed by atoms with E-state index in [1.807, 2.05) is 54.4 Å². The van der Waals surface area contributed by atoms with Crippen molar-refractivity contribution in [1.29, 1.82) is 0 Å². The number of nitrogens with one attached hydrogen (secondary N) is 2.